The van der Waals surface area contributed by atoms with Gasteiger partial charge in [0.1, 0.15) is 0 Å². The molecule has 0 aliphatic carbocycles. The first-order chi connectivity index (χ1) is 3.68. The van der Waals surface area contributed by atoms with Crippen molar-refractivity contribution in [2.45, 2.75) is 19.9 Å². The van der Waals surface area contributed by atoms with E-state index in [9.17, 15) is 4.79 Å². The fourth-order valence-electron chi connectivity index (χ4n) is 0.407. The largest absolute Gasteiger partial charge is 0.368 e. The molecule has 0 fully saturated rings. The van der Waals surface area contributed by atoms with E-state index in [2.05, 4.69) is 5.32 Å². The molecule has 0 aromatic carbocycles. The molecule has 0 rings (SSSR count). The van der Waals surface area contributed by atoms with Gasteiger partial charge in [0.15, 0.2) is 0 Å². The zero-order chi connectivity index (χ0) is 6.57. The number of carbonyl (C=O) groups excluding carboxylic acids is 1. The predicted octanol–water partition coefficient (Wildman–Crippen LogP) is -0.530. The first-order valence-electron chi connectivity index (χ1n) is 2.71. The van der Waals surface area contributed by atoms with Crippen LogP contribution >= 0.6 is 0 Å². The summed E-state index contributed by atoms with van der Waals surface area (Å²) in [6, 6.07) is -0.194. The third-order valence-corrected chi connectivity index (χ3v) is 0.937. The summed E-state index contributed by atoms with van der Waals surface area (Å²) in [5.74, 6) is -0.299. The van der Waals surface area contributed by atoms with Gasteiger partial charge in [0.2, 0.25) is 5.91 Å². The average molecular weight is 116 g/mol. The van der Waals surface area contributed by atoms with Crippen molar-refractivity contribution < 1.29 is 4.79 Å². The van der Waals surface area contributed by atoms with Gasteiger partial charge < -0.3 is 11.1 Å². The van der Waals surface area contributed by atoms with Crippen molar-refractivity contribution in [3.05, 3.63) is 0 Å². The number of likely N-dealkylation sites (N-methyl/N-ethyl adjacent to an activating group) is 1. The summed E-state index contributed by atoms with van der Waals surface area (Å²) in [4.78, 5) is 10.2. The highest BCUT2D eigenvalue weighted by Gasteiger charge is 2.03. The number of primary amides is 1. The van der Waals surface area contributed by atoms with Crippen molar-refractivity contribution in [2.75, 3.05) is 6.54 Å². The van der Waals surface area contributed by atoms with Crippen LogP contribution < -0.4 is 11.1 Å². The van der Waals surface area contributed by atoms with Gasteiger partial charge in [0.05, 0.1) is 6.04 Å². The van der Waals surface area contributed by atoms with Gasteiger partial charge in [0.25, 0.3) is 0 Å². The lowest BCUT2D eigenvalue weighted by Crippen LogP contribution is -2.38. The second-order valence-electron chi connectivity index (χ2n) is 1.68. The molecule has 3 heteroatoms. The van der Waals surface area contributed by atoms with E-state index in [1.165, 1.54) is 0 Å². The molecule has 0 aliphatic rings. The van der Waals surface area contributed by atoms with Crippen LogP contribution in [0.25, 0.3) is 0 Å². The first kappa shape index (κ1) is 7.43. The Hall–Kier alpha value is -0.570. The number of rotatable bonds is 3. The third-order valence-electron chi connectivity index (χ3n) is 0.937. The molecule has 0 bridgehead atoms. The van der Waals surface area contributed by atoms with Crippen LogP contribution in [-0.4, -0.2) is 18.5 Å². The molecule has 0 saturated carbocycles. The molecule has 0 radical (unpaired) electrons. The van der Waals surface area contributed by atoms with Crippen molar-refractivity contribution in [1.82, 2.24) is 5.32 Å². The summed E-state index contributed by atoms with van der Waals surface area (Å²) in [5, 5.41) is 2.87. The normalized spacial score (nSPS) is 13.2. The van der Waals surface area contributed by atoms with Crippen LogP contribution in [0.15, 0.2) is 0 Å². The molecule has 0 aliphatic heterocycles. The number of hydrogen-bond donors (Lipinski definition) is 2. The van der Waals surface area contributed by atoms with Crippen LogP contribution in [-0.2, 0) is 4.79 Å². The molecule has 1 amide bonds. The van der Waals surface area contributed by atoms with Gasteiger partial charge >= 0.3 is 0 Å². The summed E-state index contributed by atoms with van der Waals surface area (Å²) < 4.78 is 0. The van der Waals surface area contributed by atoms with Gasteiger partial charge in [-0.05, 0) is 13.5 Å². The van der Waals surface area contributed by atoms with Crippen molar-refractivity contribution in [2.24, 2.45) is 5.73 Å². The van der Waals surface area contributed by atoms with Crippen LogP contribution in [0.2, 0.25) is 0 Å². The zero-order valence-corrected chi connectivity index (χ0v) is 5.27. The Morgan fingerprint density at radius 3 is 2.50 bits per heavy atom. The second-order valence-corrected chi connectivity index (χ2v) is 1.68. The van der Waals surface area contributed by atoms with E-state index in [0.29, 0.717) is 0 Å². The standard InChI is InChI=1S/C5H12N2O/c1-3-7-4(2)5(6)8/h4,7H,3H2,1-2H3,(H2,6,8)/t4-/m1/s1. The molecule has 1 atom stereocenters. The van der Waals surface area contributed by atoms with Crippen LogP contribution in [0.4, 0.5) is 0 Å². The topological polar surface area (TPSA) is 55.1 Å². The smallest absolute Gasteiger partial charge is 0.234 e. The van der Waals surface area contributed by atoms with Crippen LogP contribution in [0.3, 0.4) is 0 Å². The SMILES string of the molecule is CCN[C@H](C)C(N)=O. The predicted molar refractivity (Wildman–Crippen MR) is 32.3 cm³/mol. The number of amides is 1. The quantitative estimate of drug-likeness (QED) is 0.520. The van der Waals surface area contributed by atoms with E-state index in [4.69, 9.17) is 5.73 Å². The number of nitrogens with two attached hydrogens (primary N) is 1. The van der Waals surface area contributed by atoms with E-state index in [0.717, 1.165) is 6.54 Å². The van der Waals surface area contributed by atoms with Gasteiger partial charge in [-0.1, -0.05) is 6.92 Å². The Morgan fingerprint density at radius 1 is 1.88 bits per heavy atom. The molecule has 3 nitrogen and oxygen atoms in total. The average Bonchev–Trinajstić information content (AvgIpc) is 1.67. The van der Waals surface area contributed by atoms with Crippen LogP contribution in [0.5, 0.6) is 0 Å². The van der Waals surface area contributed by atoms with Crippen LogP contribution in [0, 0.1) is 0 Å². The van der Waals surface area contributed by atoms with Crippen molar-refractivity contribution in [3.63, 3.8) is 0 Å². The highest BCUT2D eigenvalue weighted by Crippen LogP contribution is 1.74. The fraction of sp³-hybridized carbons (Fsp3) is 0.800. The van der Waals surface area contributed by atoms with Gasteiger partial charge in [0, 0.05) is 0 Å². The highest BCUT2D eigenvalue weighted by molar-refractivity contribution is 5.79. The number of carbonyl (C=O) groups is 1. The molecular formula is C5H12N2O. The molecule has 0 heterocycles. The van der Waals surface area contributed by atoms with Gasteiger partial charge in [-0.25, -0.2) is 0 Å². The molecular weight excluding hydrogens is 104 g/mol. The van der Waals surface area contributed by atoms with E-state index in [1.807, 2.05) is 6.92 Å². The molecule has 0 spiro atoms. The lowest BCUT2D eigenvalue weighted by atomic mass is 10.3. The highest BCUT2D eigenvalue weighted by atomic mass is 16.1. The maximum absolute atomic E-state index is 10.2. The van der Waals surface area contributed by atoms with Gasteiger partial charge in [-0.2, -0.15) is 0 Å². The third kappa shape index (κ3) is 2.58. The Kier molecular flexibility index (Phi) is 3.19. The maximum atomic E-state index is 10.2. The lowest BCUT2D eigenvalue weighted by Gasteiger charge is -2.05. The minimum atomic E-state index is -0.299. The van der Waals surface area contributed by atoms with E-state index < -0.39 is 0 Å². The molecule has 0 saturated heterocycles. The van der Waals surface area contributed by atoms with Crippen molar-refractivity contribution in [1.29, 1.82) is 0 Å². The van der Waals surface area contributed by atoms with E-state index >= 15 is 0 Å². The van der Waals surface area contributed by atoms with Gasteiger partial charge in [-0.3, -0.25) is 4.79 Å². The number of nitrogens with one attached hydrogen (secondary N) is 1. The molecule has 0 unspecified atom stereocenters. The van der Waals surface area contributed by atoms with Crippen molar-refractivity contribution in [3.8, 4) is 0 Å². The number of hydrogen-bond acceptors (Lipinski definition) is 2. The lowest BCUT2D eigenvalue weighted by molar-refractivity contribution is -0.119. The summed E-state index contributed by atoms with van der Waals surface area (Å²) in [7, 11) is 0. The Labute approximate surface area is 49.3 Å². The summed E-state index contributed by atoms with van der Waals surface area (Å²) >= 11 is 0. The summed E-state index contributed by atoms with van der Waals surface area (Å²) in [5.41, 5.74) is 4.92. The Bertz CT molecular complexity index is 82.5. The Morgan fingerprint density at radius 2 is 2.38 bits per heavy atom. The minimum absolute atomic E-state index is 0.194. The molecule has 3 N–H and O–H groups in total. The monoisotopic (exact) mass is 116 g/mol. The zero-order valence-electron chi connectivity index (χ0n) is 5.27. The second kappa shape index (κ2) is 3.43. The first-order valence-corrected chi connectivity index (χ1v) is 2.71. The maximum Gasteiger partial charge on any atom is 0.234 e. The minimum Gasteiger partial charge on any atom is -0.368 e. The van der Waals surface area contributed by atoms with E-state index in [1.54, 1.807) is 6.92 Å². The fourth-order valence-corrected chi connectivity index (χ4v) is 0.407. The molecule has 8 heavy (non-hydrogen) atoms. The van der Waals surface area contributed by atoms with Crippen LogP contribution in [0.1, 0.15) is 13.8 Å². The molecule has 0 aromatic heterocycles. The van der Waals surface area contributed by atoms with Crippen molar-refractivity contribution >= 4 is 5.91 Å². The van der Waals surface area contributed by atoms with Gasteiger partial charge in [-0.15, -0.1) is 0 Å². The Balaban J connectivity index is 3.32. The summed E-state index contributed by atoms with van der Waals surface area (Å²) in [6.07, 6.45) is 0. The van der Waals surface area contributed by atoms with E-state index in [-0.39, 0.29) is 11.9 Å². The summed E-state index contributed by atoms with van der Waals surface area (Å²) in [6.45, 7) is 4.45. The molecule has 48 valence electrons. The molecule has 0 aromatic rings.